The average molecular weight is 329 g/mol. The summed E-state index contributed by atoms with van der Waals surface area (Å²) in [6, 6.07) is 8.46. The van der Waals surface area contributed by atoms with Gasteiger partial charge in [0.25, 0.3) is 0 Å². The minimum atomic E-state index is 0.235. The van der Waals surface area contributed by atoms with E-state index < -0.39 is 0 Å². The van der Waals surface area contributed by atoms with Crippen LogP contribution in [0.4, 0.5) is 0 Å². The molecule has 1 aromatic carbocycles. The molecule has 1 aliphatic rings. The molecule has 0 bridgehead atoms. The zero-order valence-corrected chi connectivity index (χ0v) is 15.4. The van der Waals surface area contributed by atoms with Crippen molar-refractivity contribution in [3.63, 3.8) is 0 Å². The summed E-state index contributed by atoms with van der Waals surface area (Å²) in [7, 11) is 1.68. The van der Waals surface area contributed by atoms with Crippen LogP contribution in [0.25, 0.3) is 0 Å². The van der Waals surface area contributed by atoms with Gasteiger partial charge in [-0.2, -0.15) is 0 Å². The highest BCUT2D eigenvalue weighted by atomic mass is 16.5. The standard InChI is InChI=1S/C21H31NO2/c1-4-6-7-11-18(9-5-2)21(23)22(19-13-14-19)16-17-10-8-12-20(15-17)24-3/h8-10,12,15,19H,4-7,11,13-14,16H2,1-3H3/b18-9-. The molecule has 0 aromatic heterocycles. The van der Waals surface area contributed by atoms with Crippen LogP contribution >= 0.6 is 0 Å². The van der Waals surface area contributed by atoms with Crippen LogP contribution in [0, 0.1) is 0 Å². The molecule has 1 saturated carbocycles. The van der Waals surface area contributed by atoms with E-state index in [1.165, 1.54) is 12.8 Å². The number of hydrogen-bond acceptors (Lipinski definition) is 2. The van der Waals surface area contributed by atoms with Gasteiger partial charge in [0.05, 0.1) is 7.11 Å². The fraction of sp³-hybridized carbons (Fsp3) is 0.571. The third-order valence-corrected chi connectivity index (χ3v) is 4.51. The summed E-state index contributed by atoms with van der Waals surface area (Å²) in [6.07, 6.45) is 9.68. The second-order valence-corrected chi connectivity index (χ2v) is 6.61. The van der Waals surface area contributed by atoms with Crippen molar-refractivity contribution in [3.8, 4) is 5.75 Å². The molecule has 132 valence electrons. The molecule has 0 heterocycles. The zero-order valence-electron chi connectivity index (χ0n) is 15.4. The van der Waals surface area contributed by atoms with Gasteiger partial charge < -0.3 is 9.64 Å². The van der Waals surface area contributed by atoms with Crippen LogP contribution in [-0.4, -0.2) is 24.0 Å². The van der Waals surface area contributed by atoms with Gasteiger partial charge in [0.15, 0.2) is 0 Å². The summed E-state index contributed by atoms with van der Waals surface area (Å²) in [5, 5.41) is 0. The van der Waals surface area contributed by atoms with Crippen molar-refractivity contribution in [2.45, 2.75) is 71.4 Å². The number of allylic oxidation sites excluding steroid dienone is 1. The van der Waals surface area contributed by atoms with E-state index in [2.05, 4.69) is 30.9 Å². The quantitative estimate of drug-likeness (QED) is 0.441. The van der Waals surface area contributed by atoms with Crippen LogP contribution in [0.1, 0.15) is 64.4 Å². The maximum atomic E-state index is 13.1. The highest BCUT2D eigenvalue weighted by Gasteiger charge is 2.33. The molecule has 0 aliphatic heterocycles. The molecule has 0 N–H and O–H groups in total. The second kappa shape index (κ2) is 9.51. The predicted octanol–water partition coefficient (Wildman–Crippen LogP) is 5.10. The van der Waals surface area contributed by atoms with Crippen LogP contribution in [0.5, 0.6) is 5.75 Å². The summed E-state index contributed by atoms with van der Waals surface area (Å²) in [4.78, 5) is 15.2. The summed E-state index contributed by atoms with van der Waals surface area (Å²) in [6.45, 7) is 4.98. The van der Waals surface area contributed by atoms with E-state index in [-0.39, 0.29) is 5.91 Å². The number of unbranched alkanes of at least 4 members (excludes halogenated alkanes) is 2. The zero-order chi connectivity index (χ0) is 17.4. The number of methoxy groups -OCH3 is 1. The predicted molar refractivity (Wildman–Crippen MR) is 99.1 cm³/mol. The first-order valence-electron chi connectivity index (χ1n) is 9.32. The topological polar surface area (TPSA) is 29.5 Å². The van der Waals surface area contributed by atoms with Crippen molar-refractivity contribution in [2.24, 2.45) is 0 Å². The molecule has 1 fully saturated rings. The minimum absolute atomic E-state index is 0.235. The highest BCUT2D eigenvalue weighted by molar-refractivity contribution is 5.93. The number of carbonyl (C=O) groups excluding carboxylic acids is 1. The first-order chi connectivity index (χ1) is 11.7. The Balaban J connectivity index is 2.10. The van der Waals surface area contributed by atoms with Gasteiger partial charge >= 0.3 is 0 Å². The molecule has 1 amide bonds. The van der Waals surface area contributed by atoms with Crippen LogP contribution in [0.15, 0.2) is 35.9 Å². The molecule has 24 heavy (non-hydrogen) atoms. The highest BCUT2D eigenvalue weighted by Crippen LogP contribution is 2.31. The van der Waals surface area contributed by atoms with Crippen molar-refractivity contribution in [1.29, 1.82) is 0 Å². The van der Waals surface area contributed by atoms with Crippen LogP contribution in [0.2, 0.25) is 0 Å². The number of hydrogen-bond donors (Lipinski definition) is 0. The first kappa shape index (κ1) is 18.6. The molecular formula is C21H31NO2. The third kappa shape index (κ3) is 5.40. The molecule has 0 radical (unpaired) electrons. The van der Waals surface area contributed by atoms with E-state index in [1.54, 1.807) is 7.11 Å². The number of ether oxygens (including phenoxy) is 1. The van der Waals surface area contributed by atoms with E-state index >= 15 is 0 Å². The Morgan fingerprint density at radius 3 is 2.71 bits per heavy atom. The SMILES string of the molecule is CC/C=C(/CCCCC)C(=O)N(Cc1cccc(OC)c1)C1CC1. The lowest BCUT2D eigenvalue weighted by Crippen LogP contribution is -2.33. The Bertz CT molecular complexity index is 561. The number of amides is 1. The van der Waals surface area contributed by atoms with Gasteiger partial charge in [0.2, 0.25) is 5.91 Å². The maximum Gasteiger partial charge on any atom is 0.250 e. The molecule has 0 spiro atoms. The Hall–Kier alpha value is -1.77. The molecule has 1 aliphatic carbocycles. The smallest absolute Gasteiger partial charge is 0.250 e. The van der Waals surface area contributed by atoms with Crippen LogP contribution in [-0.2, 0) is 11.3 Å². The fourth-order valence-corrected chi connectivity index (χ4v) is 3.01. The molecule has 1 aromatic rings. The van der Waals surface area contributed by atoms with Crippen molar-refractivity contribution in [3.05, 3.63) is 41.5 Å². The second-order valence-electron chi connectivity index (χ2n) is 6.61. The van der Waals surface area contributed by atoms with Crippen molar-refractivity contribution in [1.82, 2.24) is 4.90 Å². The van der Waals surface area contributed by atoms with E-state index in [4.69, 9.17) is 4.74 Å². The largest absolute Gasteiger partial charge is 0.497 e. The average Bonchev–Trinajstić information content (AvgIpc) is 3.43. The summed E-state index contributed by atoms with van der Waals surface area (Å²) < 4.78 is 5.31. The first-order valence-corrected chi connectivity index (χ1v) is 9.32. The molecule has 0 saturated heterocycles. The Kier molecular flexibility index (Phi) is 7.36. The molecule has 0 unspecified atom stereocenters. The molecule has 3 nitrogen and oxygen atoms in total. The summed E-state index contributed by atoms with van der Waals surface area (Å²) in [5.74, 6) is 1.08. The number of carbonyl (C=O) groups is 1. The fourth-order valence-electron chi connectivity index (χ4n) is 3.01. The normalized spacial score (nSPS) is 14.5. The Morgan fingerprint density at radius 2 is 2.08 bits per heavy atom. The van der Waals surface area contributed by atoms with Gasteiger partial charge in [-0.3, -0.25) is 4.79 Å². The summed E-state index contributed by atoms with van der Waals surface area (Å²) >= 11 is 0. The summed E-state index contributed by atoms with van der Waals surface area (Å²) in [5.41, 5.74) is 2.14. The van der Waals surface area contributed by atoms with Crippen molar-refractivity contribution < 1.29 is 9.53 Å². The maximum absolute atomic E-state index is 13.1. The van der Waals surface area contributed by atoms with Crippen LogP contribution < -0.4 is 4.74 Å². The number of benzene rings is 1. The van der Waals surface area contributed by atoms with Gasteiger partial charge in [-0.15, -0.1) is 0 Å². The van der Waals surface area contributed by atoms with E-state index in [1.807, 2.05) is 18.2 Å². The lowest BCUT2D eigenvalue weighted by atomic mass is 10.0. The minimum Gasteiger partial charge on any atom is -0.497 e. The van der Waals surface area contributed by atoms with Crippen LogP contribution in [0.3, 0.4) is 0 Å². The van der Waals surface area contributed by atoms with E-state index in [0.29, 0.717) is 12.6 Å². The van der Waals surface area contributed by atoms with Crippen molar-refractivity contribution in [2.75, 3.05) is 7.11 Å². The Labute approximate surface area is 146 Å². The van der Waals surface area contributed by atoms with E-state index in [0.717, 1.165) is 49.0 Å². The van der Waals surface area contributed by atoms with Gasteiger partial charge in [-0.05, 0) is 49.8 Å². The number of rotatable bonds is 10. The molecular weight excluding hydrogens is 298 g/mol. The molecule has 3 heteroatoms. The lowest BCUT2D eigenvalue weighted by molar-refractivity contribution is -0.128. The third-order valence-electron chi connectivity index (χ3n) is 4.51. The lowest BCUT2D eigenvalue weighted by Gasteiger charge is -2.24. The molecule has 2 rings (SSSR count). The van der Waals surface area contributed by atoms with Gasteiger partial charge in [-0.1, -0.05) is 44.9 Å². The Morgan fingerprint density at radius 1 is 1.29 bits per heavy atom. The van der Waals surface area contributed by atoms with Gasteiger partial charge in [0, 0.05) is 18.2 Å². The number of nitrogens with zero attached hydrogens (tertiary/aromatic N) is 1. The van der Waals surface area contributed by atoms with E-state index in [9.17, 15) is 4.79 Å². The molecule has 0 atom stereocenters. The van der Waals surface area contributed by atoms with Gasteiger partial charge in [0.1, 0.15) is 5.75 Å². The van der Waals surface area contributed by atoms with Crippen molar-refractivity contribution >= 4 is 5.91 Å². The van der Waals surface area contributed by atoms with Gasteiger partial charge in [-0.25, -0.2) is 0 Å². The monoisotopic (exact) mass is 329 g/mol.